The zero-order chi connectivity index (χ0) is 22.4. The molecule has 0 spiro atoms. The molecule has 2 aromatic rings. The van der Waals surface area contributed by atoms with Crippen LogP contribution in [0.4, 0.5) is 0 Å². The summed E-state index contributed by atoms with van der Waals surface area (Å²) in [5.74, 6) is -0.641. The molecular weight excluding hydrogens is 400 g/mol. The van der Waals surface area contributed by atoms with E-state index in [0.29, 0.717) is 0 Å². The van der Waals surface area contributed by atoms with E-state index in [1.54, 1.807) is 0 Å². The number of hydrogen-bond acceptors (Lipinski definition) is 9. The third kappa shape index (κ3) is 3.71. The molecule has 2 rings (SSSR count). The molecule has 0 saturated heterocycles. The van der Waals surface area contributed by atoms with Crippen molar-refractivity contribution in [1.82, 2.24) is 0 Å². The fourth-order valence-electron chi connectivity index (χ4n) is 3.09. The summed E-state index contributed by atoms with van der Waals surface area (Å²) in [4.78, 5) is 23.3. The fraction of sp³-hybridized carbons (Fsp3) is 0.300. The van der Waals surface area contributed by atoms with Gasteiger partial charge >= 0.3 is 5.97 Å². The lowest BCUT2D eigenvalue weighted by molar-refractivity contribution is -0.120. The number of ether oxygens (including phenoxy) is 7. The van der Waals surface area contributed by atoms with Crippen molar-refractivity contribution in [1.29, 1.82) is 0 Å². The summed E-state index contributed by atoms with van der Waals surface area (Å²) < 4.78 is 37.4. The predicted octanol–water partition coefficient (Wildman–Crippen LogP) is 2.64. The minimum atomic E-state index is -1.29. The van der Waals surface area contributed by atoms with Crippen molar-refractivity contribution in [3.8, 4) is 51.4 Å². The van der Waals surface area contributed by atoms with Crippen molar-refractivity contribution in [2.45, 2.75) is 0 Å². The van der Waals surface area contributed by atoms with Crippen LogP contribution in [0.2, 0.25) is 0 Å². The first kappa shape index (κ1) is 22.5. The molecule has 0 aliphatic heterocycles. The van der Waals surface area contributed by atoms with Crippen LogP contribution in [0.15, 0.2) is 12.1 Å². The number of benzene rings is 2. The molecule has 0 unspecified atom stereocenters. The van der Waals surface area contributed by atoms with E-state index in [0.717, 1.165) is 0 Å². The molecule has 1 N–H and O–H groups in total. The maximum absolute atomic E-state index is 12.1. The Morgan fingerprint density at radius 3 is 1.57 bits per heavy atom. The molecule has 0 fully saturated rings. The monoisotopic (exact) mass is 422 g/mol. The van der Waals surface area contributed by atoms with Crippen LogP contribution in [0, 0.1) is 0 Å². The minimum Gasteiger partial charge on any atom is -0.493 e. The number of aromatic carboxylic acids is 1. The quantitative estimate of drug-likeness (QED) is 0.572. The number of carbonyl (C=O) groups is 2. The zero-order valence-corrected chi connectivity index (χ0v) is 17.4. The van der Waals surface area contributed by atoms with Gasteiger partial charge in [0.05, 0.1) is 59.3 Å². The Kier molecular flexibility index (Phi) is 7.18. The minimum absolute atomic E-state index is 0.0236. The number of methoxy groups -OCH3 is 6. The van der Waals surface area contributed by atoms with Crippen LogP contribution in [-0.4, -0.2) is 60.2 Å². The van der Waals surface area contributed by atoms with Gasteiger partial charge in [-0.3, -0.25) is 4.79 Å². The molecule has 0 heterocycles. The normalized spacial score (nSPS) is 10.1. The van der Waals surface area contributed by atoms with Gasteiger partial charge in [-0.25, -0.2) is 4.79 Å². The van der Waals surface area contributed by atoms with Crippen molar-refractivity contribution in [3.63, 3.8) is 0 Å². The van der Waals surface area contributed by atoms with Gasteiger partial charge < -0.3 is 38.3 Å². The van der Waals surface area contributed by atoms with E-state index in [1.807, 2.05) is 0 Å². The van der Waals surface area contributed by atoms with Gasteiger partial charge in [0.15, 0.2) is 23.0 Å². The Morgan fingerprint density at radius 1 is 0.700 bits per heavy atom. The second-order valence-electron chi connectivity index (χ2n) is 5.61. The Morgan fingerprint density at radius 2 is 1.17 bits per heavy atom. The van der Waals surface area contributed by atoms with Crippen molar-refractivity contribution >= 4 is 12.4 Å². The highest BCUT2D eigenvalue weighted by Crippen LogP contribution is 2.56. The van der Waals surface area contributed by atoms with Crippen molar-refractivity contribution in [2.75, 3.05) is 42.7 Å². The van der Waals surface area contributed by atoms with Gasteiger partial charge in [0.1, 0.15) is 5.75 Å². The third-order valence-corrected chi connectivity index (χ3v) is 4.28. The second kappa shape index (κ2) is 9.59. The van der Waals surface area contributed by atoms with Crippen molar-refractivity contribution < 1.29 is 47.9 Å². The molecule has 0 aromatic heterocycles. The van der Waals surface area contributed by atoms with Gasteiger partial charge in [-0.1, -0.05) is 0 Å². The predicted molar refractivity (Wildman–Crippen MR) is 105 cm³/mol. The van der Waals surface area contributed by atoms with Crippen LogP contribution in [0.3, 0.4) is 0 Å². The van der Waals surface area contributed by atoms with Crippen LogP contribution in [0.5, 0.6) is 40.2 Å². The highest BCUT2D eigenvalue weighted by atomic mass is 16.5. The van der Waals surface area contributed by atoms with E-state index in [4.69, 9.17) is 33.2 Å². The van der Waals surface area contributed by atoms with E-state index in [-0.39, 0.29) is 63.4 Å². The Labute approximate surface area is 172 Å². The molecule has 30 heavy (non-hydrogen) atoms. The number of hydrogen-bond donors (Lipinski definition) is 1. The van der Waals surface area contributed by atoms with E-state index >= 15 is 0 Å². The summed E-state index contributed by atoms with van der Waals surface area (Å²) >= 11 is 0. The van der Waals surface area contributed by atoms with Gasteiger partial charge in [-0.15, -0.1) is 0 Å². The topological polar surface area (TPSA) is 119 Å². The van der Waals surface area contributed by atoms with Crippen LogP contribution in [-0.2, 0) is 4.79 Å². The summed E-state index contributed by atoms with van der Waals surface area (Å²) in [7, 11) is 8.19. The summed E-state index contributed by atoms with van der Waals surface area (Å²) in [5, 5.41) is 9.88. The van der Waals surface area contributed by atoms with Gasteiger partial charge in [-0.2, -0.15) is 0 Å². The summed E-state index contributed by atoms with van der Waals surface area (Å²) in [5.41, 5.74) is -0.111. The lowest BCUT2D eigenvalue weighted by Gasteiger charge is -2.23. The Hall–Kier alpha value is -3.82. The maximum atomic E-state index is 12.1. The highest BCUT2D eigenvalue weighted by Gasteiger charge is 2.32. The SMILES string of the molecule is COc1cc(OC=O)c(-c2c(C(=O)O)cc(OC)c(OC)c2OC)c(OC)c1OC. The van der Waals surface area contributed by atoms with Crippen LogP contribution in [0.25, 0.3) is 11.1 Å². The largest absolute Gasteiger partial charge is 0.493 e. The number of carboxylic acids is 1. The first-order chi connectivity index (χ1) is 14.4. The molecule has 0 saturated carbocycles. The number of carbonyl (C=O) groups excluding carboxylic acids is 1. The van der Waals surface area contributed by atoms with Gasteiger partial charge in [0.25, 0.3) is 6.47 Å². The average molecular weight is 422 g/mol. The summed E-state index contributed by atoms with van der Waals surface area (Å²) in [6.45, 7) is 0.192. The van der Waals surface area contributed by atoms with Gasteiger partial charge in [0.2, 0.25) is 11.5 Å². The lowest BCUT2D eigenvalue weighted by atomic mass is 9.94. The van der Waals surface area contributed by atoms with Crippen LogP contribution < -0.4 is 33.2 Å². The molecule has 162 valence electrons. The molecule has 0 amide bonds. The molecule has 0 aliphatic carbocycles. The number of carboxylic acid groups (broad SMARTS) is 1. The van der Waals surface area contributed by atoms with Crippen LogP contribution in [0.1, 0.15) is 10.4 Å². The molecule has 0 bridgehead atoms. The summed E-state index contributed by atoms with van der Waals surface area (Å²) in [6, 6.07) is 2.63. The van der Waals surface area contributed by atoms with Gasteiger partial charge in [0, 0.05) is 6.07 Å². The molecule has 10 heteroatoms. The molecule has 2 aromatic carbocycles. The molecule has 10 nitrogen and oxygen atoms in total. The van der Waals surface area contributed by atoms with E-state index in [1.165, 1.54) is 54.8 Å². The maximum Gasteiger partial charge on any atom is 0.336 e. The van der Waals surface area contributed by atoms with Crippen LogP contribution >= 0.6 is 0 Å². The lowest BCUT2D eigenvalue weighted by Crippen LogP contribution is -2.08. The molecular formula is C20H22O10. The first-order valence-corrected chi connectivity index (χ1v) is 8.43. The van der Waals surface area contributed by atoms with Crippen molar-refractivity contribution in [3.05, 3.63) is 17.7 Å². The fourth-order valence-corrected chi connectivity index (χ4v) is 3.09. The van der Waals surface area contributed by atoms with E-state index in [2.05, 4.69) is 0 Å². The molecule has 0 aliphatic rings. The smallest absolute Gasteiger partial charge is 0.336 e. The Balaban J connectivity index is 3.16. The molecule has 0 radical (unpaired) electrons. The van der Waals surface area contributed by atoms with E-state index < -0.39 is 5.97 Å². The van der Waals surface area contributed by atoms with Gasteiger partial charge in [-0.05, 0) is 6.07 Å². The standard InChI is InChI=1S/C20H22O10/c1-24-12-7-10(20(22)23)14(18(28-5)16(12)26-3)15-11(30-9-21)8-13(25-2)17(27-4)19(15)29-6/h7-9H,1-6H3,(H,22,23). The highest BCUT2D eigenvalue weighted by molar-refractivity contribution is 6.03. The summed E-state index contributed by atoms with van der Waals surface area (Å²) in [6.07, 6.45) is 0. The average Bonchev–Trinajstić information content (AvgIpc) is 2.76. The van der Waals surface area contributed by atoms with E-state index in [9.17, 15) is 14.7 Å². The third-order valence-electron chi connectivity index (χ3n) is 4.28. The Bertz CT molecular complexity index is 952. The molecule has 0 atom stereocenters. The second-order valence-corrected chi connectivity index (χ2v) is 5.61. The van der Waals surface area contributed by atoms with Crippen molar-refractivity contribution in [2.24, 2.45) is 0 Å². The zero-order valence-electron chi connectivity index (χ0n) is 17.4. The number of rotatable bonds is 10. The first-order valence-electron chi connectivity index (χ1n) is 8.43.